The summed E-state index contributed by atoms with van der Waals surface area (Å²) in [5.74, 6) is 0. The van der Waals surface area contributed by atoms with E-state index >= 15 is 0 Å². The van der Waals surface area contributed by atoms with Crippen molar-refractivity contribution in [3.05, 3.63) is 102 Å². The van der Waals surface area contributed by atoms with Crippen LogP contribution in [0.3, 0.4) is 0 Å². The Labute approximate surface area is 167 Å². The molecular formula is C27H25N. The summed E-state index contributed by atoms with van der Waals surface area (Å²) in [5, 5.41) is 3.73. The van der Waals surface area contributed by atoms with Gasteiger partial charge >= 0.3 is 0 Å². The van der Waals surface area contributed by atoms with Gasteiger partial charge in [-0.25, -0.2) is 0 Å². The highest BCUT2D eigenvalue weighted by atomic mass is 14.9. The Hall–Kier alpha value is -3.06. The molecule has 0 spiro atoms. The molecule has 1 N–H and O–H groups in total. The lowest BCUT2D eigenvalue weighted by atomic mass is 9.80. The van der Waals surface area contributed by atoms with E-state index in [0.29, 0.717) is 0 Å². The Balaban J connectivity index is 1.56. The zero-order valence-corrected chi connectivity index (χ0v) is 16.5. The maximum Gasteiger partial charge on any atom is 0.0463 e. The van der Waals surface area contributed by atoms with Crippen LogP contribution in [0, 0.1) is 0 Å². The normalized spacial score (nSPS) is 16.6. The van der Waals surface area contributed by atoms with Gasteiger partial charge in [-0.3, -0.25) is 0 Å². The maximum atomic E-state index is 3.73. The molecule has 1 heteroatoms. The molecule has 2 aliphatic rings. The lowest BCUT2D eigenvalue weighted by Gasteiger charge is -2.24. The zero-order valence-electron chi connectivity index (χ0n) is 16.5. The van der Waals surface area contributed by atoms with Gasteiger partial charge in [0, 0.05) is 22.4 Å². The van der Waals surface area contributed by atoms with Gasteiger partial charge in [-0.2, -0.15) is 0 Å². The summed E-state index contributed by atoms with van der Waals surface area (Å²) in [4.78, 5) is 0. The highest BCUT2D eigenvalue weighted by Crippen LogP contribution is 2.52. The fourth-order valence-electron chi connectivity index (χ4n) is 4.72. The first-order valence-electron chi connectivity index (χ1n) is 10.1. The van der Waals surface area contributed by atoms with Crippen LogP contribution in [0.15, 0.2) is 90.5 Å². The highest BCUT2D eigenvalue weighted by Gasteiger charge is 2.38. The zero-order chi connectivity index (χ0) is 19.1. The third kappa shape index (κ3) is 2.70. The van der Waals surface area contributed by atoms with Gasteiger partial charge < -0.3 is 5.32 Å². The van der Waals surface area contributed by atoms with E-state index in [0.717, 1.165) is 18.5 Å². The molecule has 0 aliphatic heterocycles. The molecule has 0 radical (unpaired) electrons. The third-order valence-corrected chi connectivity index (χ3v) is 6.13. The van der Waals surface area contributed by atoms with Gasteiger partial charge in [0.15, 0.2) is 0 Å². The van der Waals surface area contributed by atoms with Crippen LogP contribution in [0.1, 0.15) is 37.8 Å². The molecule has 3 aromatic carbocycles. The summed E-state index contributed by atoms with van der Waals surface area (Å²) in [6, 6.07) is 26.0. The smallest absolute Gasteiger partial charge is 0.0463 e. The van der Waals surface area contributed by atoms with E-state index < -0.39 is 0 Å². The third-order valence-electron chi connectivity index (χ3n) is 6.13. The van der Waals surface area contributed by atoms with Crippen LogP contribution in [0.4, 0.5) is 11.4 Å². The number of benzene rings is 3. The van der Waals surface area contributed by atoms with Crippen LogP contribution in [-0.4, -0.2) is 0 Å². The minimum atomic E-state index is 0.0746. The first kappa shape index (κ1) is 17.1. The van der Waals surface area contributed by atoms with E-state index in [1.54, 1.807) is 0 Å². The average Bonchev–Trinajstić information content (AvgIpc) is 2.97. The molecule has 0 fully saturated rings. The fraction of sp³-hybridized carbons (Fsp3) is 0.185. The molecule has 0 bridgehead atoms. The second-order valence-electron chi connectivity index (χ2n) is 8.26. The predicted molar refractivity (Wildman–Crippen MR) is 120 cm³/mol. The number of anilines is 2. The van der Waals surface area contributed by atoms with E-state index in [-0.39, 0.29) is 5.41 Å². The van der Waals surface area contributed by atoms with E-state index in [4.69, 9.17) is 0 Å². The first-order valence-corrected chi connectivity index (χ1v) is 10.1. The number of fused-ring (bicyclic) bond motifs is 2. The lowest BCUT2D eigenvalue weighted by molar-refractivity contribution is 0.651. The molecule has 28 heavy (non-hydrogen) atoms. The van der Waals surface area contributed by atoms with Gasteiger partial charge in [0.1, 0.15) is 0 Å². The van der Waals surface area contributed by atoms with E-state index in [1.165, 1.54) is 39.1 Å². The first-order chi connectivity index (χ1) is 13.6. The molecular weight excluding hydrogens is 338 g/mol. The lowest BCUT2D eigenvalue weighted by Crippen LogP contribution is -2.16. The Morgan fingerprint density at radius 1 is 0.821 bits per heavy atom. The summed E-state index contributed by atoms with van der Waals surface area (Å²) < 4.78 is 0. The van der Waals surface area contributed by atoms with Gasteiger partial charge in [0.05, 0.1) is 0 Å². The number of rotatable bonds is 3. The molecule has 0 atom stereocenters. The van der Waals surface area contributed by atoms with Crippen LogP contribution in [0.2, 0.25) is 0 Å². The molecule has 0 amide bonds. The monoisotopic (exact) mass is 363 g/mol. The average molecular weight is 364 g/mol. The van der Waals surface area contributed by atoms with Gasteiger partial charge in [-0.15, -0.1) is 0 Å². The van der Waals surface area contributed by atoms with Crippen LogP contribution in [0.5, 0.6) is 0 Å². The van der Waals surface area contributed by atoms with Gasteiger partial charge in [0.2, 0.25) is 0 Å². The topological polar surface area (TPSA) is 12.0 Å². The minimum Gasteiger partial charge on any atom is -0.355 e. The SMILES string of the molecule is CC1(C)C2=C(CCC=C2)c2c(Nc3cccc(-c4ccccc4)c3)cccc21. The summed E-state index contributed by atoms with van der Waals surface area (Å²) in [7, 11) is 0. The van der Waals surface area contributed by atoms with Crippen molar-refractivity contribution in [3.63, 3.8) is 0 Å². The predicted octanol–water partition coefficient (Wildman–Crippen LogP) is 7.49. The maximum absolute atomic E-state index is 3.73. The van der Waals surface area contributed by atoms with Gasteiger partial charge in [-0.05, 0) is 58.9 Å². The number of nitrogens with one attached hydrogen (secondary N) is 1. The summed E-state index contributed by atoms with van der Waals surface area (Å²) >= 11 is 0. The van der Waals surface area contributed by atoms with Crippen molar-refractivity contribution in [1.29, 1.82) is 0 Å². The van der Waals surface area contributed by atoms with Crippen molar-refractivity contribution in [2.45, 2.75) is 32.1 Å². The van der Waals surface area contributed by atoms with Crippen molar-refractivity contribution in [3.8, 4) is 11.1 Å². The molecule has 2 aliphatic carbocycles. The molecule has 0 heterocycles. The van der Waals surface area contributed by atoms with Crippen LogP contribution >= 0.6 is 0 Å². The molecule has 0 saturated carbocycles. The summed E-state index contributed by atoms with van der Waals surface area (Å²) in [5.41, 5.74) is 10.8. The molecule has 0 unspecified atom stereocenters. The van der Waals surface area contributed by atoms with Crippen molar-refractivity contribution < 1.29 is 0 Å². The minimum absolute atomic E-state index is 0.0746. The van der Waals surface area contributed by atoms with Crippen LogP contribution in [0.25, 0.3) is 16.7 Å². The largest absolute Gasteiger partial charge is 0.355 e. The van der Waals surface area contributed by atoms with Crippen LogP contribution < -0.4 is 5.32 Å². The van der Waals surface area contributed by atoms with E-state index in [1.807, 2.05) is 0 Å². The molecule has 3 aromatic rings. The molecule has 0 aromatic heterocycles. The fourth-order valence-corrected chi connectivity index (χ4v) is 4.72. The molecule has 1 nitrogen and oxygen atoms in total. The Kier molecular flexibility index (Phi) is 3.98. The summed E-state index contributed by atoms with van der Waals surface area (Å²) in [6.45, 7) is 4.70. The van der Waals surface area contributed by atoms with Crippen LogP contribution in [-0.2, 0) is 5.41 Å². The summed E-state index contributed by atoms with van der Waals surface area (Å²) in [6.07, 6.45) is 6.93. The highest BCUT2D eigenvalue weighted by molar-refractivity contribution is 5.91. The Bertz CT molecular complexity index is 1100. The molecule has 0 saturated heterocycles. The van der Waals surface area contributed by atoms with E-state index in [2.05, 4.69) is 104 Å². The standard InChI is InChI=1S/C27H25N/c1-27(2)23-15-7-6-14-22(23)26-24(27)16-9-17-25(26)28-21-13-8-12-20(18-21)19-10-4-3-5-11-19/h3-5,7-13,15-18,28H,6,14H2,1-2H3. The van der Waals surface area contributed by atoms with Gasteiger partial charge in [0.25, 0.3) is 0 Å². The second kappa shape index (κ2) is 6.53. The van der Waals surface area contributed by atoms with Crippen molar-refractivity contribution in [2.24, 2.45) is 0 Å². The number of allylic oxidation sites excluding steroid dienone is 4. The van der Waals surface area contributed by atoms with Crippen molar-refractivity contribution in [1.82, 2.24) is 0 Å². The molecule has 5 rings (SSSR count). The Morgan fingerprint density at radius 2 is 1.61 bits per heavy atom. The quantitative estimate of drug-likeness (QED) is 0.508. The Morgan fingerprint density at radius 3 is 2.46 bits per heavy atom. The molecule has 138 valence electrons. The van der Waals surface area contributed by atoms with E-state index in [9.17, 15) is 0 Å². The van der Waals surface area contributed by atoms with Gasteiger partial charge in [-0.1, -0.05) is 80.6 Å². The second-order valence-corrected chi connectivity index (χ2v) is 8.26. The number of hydrogen-bond acceptors (Lipinski definition) is 1. The van der Waals surface area contributed by atoms with Crippen molar-refractivity contribution >= 4 is 16.9 Å². The number of hydrogen-bond donors (Lipinski definition) is 1. The van der Waals surface area contributed by atoms with Crippen molar-refractivity contribution in [2.75, 3.05) is 5.32 Å².